The van der Waals surface area contributed by atoms with Crippen LogP contribution in [0, 0.1) is 5.92 Å². The Bertz CT molecular complexity index is 524. The highest BCUT2D eigenvalue weighted by atomic mass is 16.2. The number of hydrogen-bond donors (Lipinski definition) is 0. The molecule has 0 aliphatic carbocycles. The van der Waals surface area contributed by atoms with Crippen molar-refractivity contribution in [1.29, 1.82) is 0 Å². The first-order valence-corrected chi connectivity index (χ1v) is 8.56. The molecule has 2 atom stereocenters. The van der Waals surface area contributed by atoms with Crippen LogP contribution in [-0.2, 0) is 11.3 Å². The zero-order valence-corrected chi connectivity index (χ0v) is 14.0. The first kappa shape index (κ1) is 15.5. The van der Waals surface area contributed by atoms with E-state index in [2.05, 4.69) is 34.5 Å². The maximum atomic E-state index is 12.0. The summed E-state index contributed by atoms with van der Waals surface area (Å²) in [7, 11) is 1.99. The molecule has 1 amide bonds. The van der Waals surface area contributed by atoms with E-state index in [0.29, 0.717) is 23.9 Å². The van der Waals surface area contributed by atoms with Gasteiger partial charge in [-0.2, -0.15) is 0 Å². The van der Waals surface area contributed by atoms with Gasteiger partial charge in [0, 0.05) is 51.0 Å². The standard InChI is InChI=1S/C17H28N4O/c1-13(2)21-10-8-18-16(21)12-20-9-7-15-14(11-20)5-4-6-17(22)19(15)3/h8,10,13-15H,4-7,9,11-12H2,1-3H3/t14-,15-/m1/s1. The van der Waals surface area contributed by atoms with Gasteiger partial charge in [0.15, 0.2) is 0 Å². The van der Waals surface area contributed by atoms with Gasteiger partial charge in [-0.25, -0.2) is 4.98 Å². The van der Waals surface area contributed by atoms with Crippen LogP contribution in [0.25, 0.3) is 0 Å². The van der Waals surface area contributed by atoms with E-state index >= 15 is 0 Å². The first-order chi connectivity index (χ1) is 10.6. The van der Waals surface area contributed by atoms with Gasteiger partial charge in [0.2, 0.25) is 5.91 Å². The molecular formula is C17H28N4O. The number of rotatable bonds is 3. The Balaban J connectivity index is 1.66. The van der Waals surface area contributed by atoms with E-state index in [1.807, 2.05) is 18.1 Å². The highest BCUT2D eigenvalue weighted by Gasteiger charge is 2.35. The van der Waals surface area contributed by atoms with Crippen molar-refractivity contribution in [2.75, 3.05) is 20.1 Å². The number of hydrogen-bond acceptors (Lipinski definition) is 3. The molecule has 0 saturated carbocycles. The largest absolute Gasteiger partial charge is 0.342 e. The summed E-state index contributed by atoms with van der Waals surface area (Å²) in [4.78, 5) is 21.1. The van der Waals surface area contributed by atoms with E-state index in [1.165, 1.54) is 6.42 Å². The van der Waals surface area contributed by atoms with Crippen molar-refractivity contribution >= 4 is 5.91 Å². The van der Waals surface area contributed by atoms with Gasteiger partial charge in [-0.15, -0.1) is 0 Å². The van der Waals surface area contributed by atoms with Crippen molar-refractivity contribution < 1.29 is 4.79 Å². The van der Waals surface area contributed by atoms with E-state index in [-0.39, 0.29) is 0 Å². The third-order valence-corrected chi connectivity index (χ3v) is 5.30. The molecule has 0 aromatic carbocycles. The van der Waals surface area contributed by atoms with Crippen molar-refractivity contribution in [3.63, 3.8) is 0 Å². The number of piperidine rings is 1. The molecule has 1 aromatic heterocycles. The van der Waals surface area contributed by atoms with Crippen LogP contribution in [0.1, 0.15) is 51.4 Å². The number of aromatic nitrogens is 2. The molecule has 2 saturated heterocycles. The molecule has 22 heavy (non-hydrogen) atoms. The quantitative estimate of drug-likeness (QED) is 0.860. The lowest BCUT2D eigenvalue weighted by Crippen LogP contribution is -2.50. The van der Waals surface area contributed by atoms with Crippen LogP contribution >= 0.6 is 0 Å². The summed E-state index contributed by atoms with van der Waals surface area (Å²) >= 11 is 0. The molecule has 0 spiro atoms. The van der Waals surface area contributed by atoms with E-state index in [4.69, 9.17) is 0 Å². The Morgan fingerprint density at radius 3 is 2.95 bits per heavy atom. The highest BCUT2D eigenvalue weighted by Crippen LogP contribution is 2.30. The first-order valence-electron chi connectivity index (χ1n) is 8.56. The lowest BCUT2D eigenvalue weighted by atomic mass is 9.88. The topological polar surface area (TPSA) is 41.4 Å². The molecule has 3 rings (SSSR count). The second kappa shape index (κ2) is 6.41. The van der Waals surface area contributed by atoms with Crippen LogP contribution in [0.3, 0.4) is 0 Å². The zero-order valence-electron chi connectivity index (χ0n) is 14.0. The fourth-order valence-electron chi connectivity index (χ4n) is 4.05. The van der Waals surface area contributed by atoms with Gasteiger partial charge in [0.1, 0.15) is 5.82 Å². The normalized spacial score (nSPS) is 27.1. The van der Waals surface area contributed by atoms with Gasteiger partial charge in [0.25, 0.3) is 0 Å². The molecule has 0 bridgehead atoms. The Kier molecular flexibility index (Phi) is 4.52. The predicted molar refractivity (Wildman–Crippen MR) is 86.4 cm³/mol. The van der Waals surface area contributed by atoms with Crippen molar-refractivity contribution in [2.45, 2.75) is 58.2 Å². The lowest BCUT2D eigenvalue weighted by molar-refractivity contribution is -0.132. The third kappa shape index (κ3) is 3.05. The van der Waals surface area contributed by atoms with Crippen molar-refractivity contribution in [2.24, 2.45) is 5.92 Å². The second-order valence-electron chi connectivity index (χ2n) is 7.09. The number of imidazole rings is 1. The van der Waals surface area contributed by atoms with Gasteiger partial charge >= 0.3 is 0 Å². The molecule has 0 N–H and O–H groups in total. The molecular weight excluding hydrogens is 276 g/mol. The number of carbonyl (C=O) groups is 1. The molecule has 122 valence electrons. The Hall–Kier alpha value is -1.36. The average molecular weight is 304 g/mol. The molecule has 3 heterocycles. The molecule has 0 unspecified atom stereocenters. The van der Waals surface area contributed by atoms with Gasteiger partial charge in [-0.1, -0.05) is 0 Å². The lowest BCUT2D eigenvalue weighted by Gasteiger charge is -2.41. The molecule has 2 aliphatic rings. The van der Waals surface area contributed by atoms with Crippen LogP contribution in [0.15, 0.2) is 12.4 Å². The average Bonchev–Trinajstić information content (AvgIpc) is 2.89. The summed E-state index contributed by atoms with van der Waals surface area (Å²) in [5, 5.41) is 0. The summed E-state index contributed by atoms with van der Waals surface area (Å²) < 4.78 is 2.26. The maximum Gasteiger partial charge on any atom is 0.222 e. The molecule has 5 nitrogen and oxygen atoms in total. The maximum absolute atomic E-state index is 12.0. The van der Waals surface area contributed by atoms with Crippen LogP contribution in [-0.4, -0.2) is 51.4 Å². The van der Waals surface area contributed by atoms with Crippen LogP contribution < -0.4 is 0 Å². The monoisotopic (exact) mass is 304 g/mol. The third-order valence-electron chi connectivity index (χ3n) is 5.30. The number of fused-ring (bicyclic) bond motifs is 1. The fraction of sp³-hybridized carbons (Fsp3) is 0.765. The SMILES string of the molecule is CC(C)n1ccnc1CN1CC[C@@H]2[C@H](CCCC(=O)N2C)C1. The molecule has 2 aliphatic heterocycles. The van der Waals surface area contributed by atoms with Gasteiger partial charge in [-0.05, 0) is 39.0 Å². The van der Waals surface area contributed by atoms with Crippen molar-refractivity contribution in [3.05, 3.63) is 18.2 Å². The molecule has 0 radical (unpaired) electrons. The summed E-state index contributed by atoms with van der Waals surface area (Å²) in [6.45, 7) is 7.47. The summed E-state index contributed by atoms with van der Waals surface area (Å²) in [6, 6.07) is 0.896. The van der Waals surface area contributed by atoms with Crippen LogP contribution in [0.5, 0.6) is 0 Å². The minimum Gasteiger partial charge on any atom is -0.342 e. The Labute approximate surface area is 133 Å². The fourth-order valence-corrected chi connectivity index (χ4v) is 4.05. The minimum absolute atomic E-state index is 0.330. The van der Waals surface area contributed by atoms with Crippen LogP contribution in [0.2, 0.25) is 0 Å². The highest BCUT2D eigenvalue weighted by molar-refractivity contribution is 5.76. The summed E-state index contributed by atoms with van der Waals surface area (Å²) in [5.41, 5.74) is 0. The van der Waals surface area contributed by atoms with E-state index < -0.39 is 0 Å². The number of likely N-dealkylation sites (tertiary alicyclic amines) is 2. The van der Waals surface area contributed by atoms with Gasteiger partial charge in [-0.3, -0.25) is 9.69 Å². The van der Waals surface area contributed by atoms with Crippen LogP contribution in [0.4, 0.5) is 0 Å². The predicted octanol–water partition coefficient (Wildman–Crippen LogP) is 2.30. The summed E-state index contributed by atoms with van der Waals surface area (Å²) in [6.07, 6.45) is 8.01. The Morgan fingerprint density at radius 1 is 1.36 bits per heavy atom. The molecule has 5 heteroatoms. The number of nitrogens with zero attached hydrogens (tertiary/aromatic N) is 4. The van der Waals surface area contributed by atoms with Crippen molar-refractivity contribution in [1.82, 2.24) is 19.4 Å². The second-order valence-corrected chi connectivity index (χ2v) is 7.09. The smallest absolute Gasteiger partial charge is 0.222 e. The Morgan fingerprint density at radius 2 is 2.18 bits per heavy atom. The molecule has 1 aromatic rings. The zero-order chi connectivity index (χ0) is 15.7. The van der Waals surface area contributed by atoms with E-state index in [1.54, 1.807) is 0 Å². The number of carbonyl (C=O) groups excluding carboxylic acids is 1. The van der Waals surface area contributed by atoms with E-state index in [0.717, 1.165) is 44.7 Å². The van der Waals surface area contributed by atoms with Crippen molar-refractivity contribution in [3.8, 4) is 0 Å². The van der Waals surface area contributed by atoms with Gasteiger partial charge < -0.3 is 9.47 Å². The number of amides is 1. The van der Waals surface area contributed by atoms with Gasteiger partial charge in [0.05, 0.1) is 6.54 Å². The minimum atomic E-state index is 0.330. The van der Waals surface area contributed by atoms with E-state index in [9.17, 15) is 4.79 Å². The molecule has 2 fully saturated rings. The summed E-state index contributed by atoms with van der Waals surface area (Å²) in [5.74, 6) is 2.11.